The third-order valence-corrected chi connectivity index (χ3v) is 2.46. The van der Waals surface area contributed by atoms with Crippen molar-refractivity contribution in [2.24, 2.45) is 5.92 Å². The number of aliphatic hydroxyl groups is 4. The van der Waals surface area contributed by atoms with Crippen molar-refractivity contribution in [1.29, 1.82) is 0 Å². The van der Waals surface area contributed by atoms with E-state index in [1.165, 1.54) is 0 Å². The van der Waals surface area contributed by atoms with Crippen molar-refractivity contribution in [3.05, 3.63) is 0 Å². The summed E-state index contributed by atoms with van der Waals surface area (Å²) in [5.74, 6) is -0.553. The summed E-state index contributed by atoms with van der Waals surface area (Å²) in [5.41, 5.74) is 0. The second-order valence-electron chi connectivity index (χ2n) is 3.87. The van der Waals surface area contributed by atoms with Gasteiger partial charge >= 0.3 is 0 Å². The van der Waals surface area contributed by atoms with E-state index in [-0.39, 0.29) is 12.5 Å². The molecule has 0 radical (unpaired) electrons. The van der Waals surface area contributed by atoms with E-state index in [1.54, 1.807) is 13.8 Å². The molecule has 0 saturated carbocycles. The van der Waals surface area contributed by atoms with E-state index in [2.05, 4.69) is 5.32 Å². The van der Waals surface area contributed by atoms with Gasteiger partial charge in [-0.25, -0.2) is 0 Å². The minimum Gasteiger partial charge on any atom is -0.394 e. The van der Waals surface area contributed by atoms with Crippen molar-refractivity contribution in [2.45, 2.75) is 38.6 Å². The third kappa shape index (κ3) is 4.89. The molecule has 0 spiro atoms. The van der Waals surface area contributed by atoms with Gasteiger partial charge in [0.25, 0.3) is 0 Å². The quantitative estimate of drug-likeness (QED) is 0.358. The fourth-order valence-electron chi connectivity index (χ4n) is 1.19. The van der Waals surface area contributed by atoms with Crippen molar-refractivity contribution in [3.8, 4) is 0 Å². The highest BCUT2D eigenvalue weighted by Gasteiger charge is 2.28. The molecule has 0 aromatic heterocycles. The average molecular weight is 235 g/mol. The van der Waals surface area contributed by atoms with Crippen LogP contribution in [0.15, 0.2) is 0 Å². The first-order valence-electron chi connectivity index (χ1n) is 5.35. The number of hydrogen-bond acceptors (Lipinski definition) is 5. The maximum atomic E-state index is 11.0. The number of aliphatic hydroxyl groups excluding tert-OH is 4. The van der Waals surface area contributed by atoms with Crippen molar-refractivity contribution in [2.75, 3.05) is 13.2 Å². The molecule has 0 aliphatic carbocycles. The predicted molar refractivity (Wildman–Crippen MR) is 57.6 cm³/mol. The van der Waals surface area contributed by atoms with Crippen molar-refractivity contribution < 1.29 is 25.2 Å². The zero-order chi connectivity index (χ0) is 12.7. The van der Waals surface area contributed by atoms with Gasteiger partial charge in [-0.2, -0.15) is 0 Å². The van der Waals surface area contributed by atoms with Gasteiger partial charge < -0.3 is 25.7 Å². The van der Waals surface area contributed by atoms with E-state index in [4.69, 9.17) is 10.2 Å². The fraction of sp³-hybridized carbons (Fsp3) is 0.900. The molecular formula is C10H21NO5. The standard InChI is InChI=1S/C10H21NO5/c1-3-8(14)11-4-6(2)9(15)10(16)7(13)5-12/h6-7,9-10,12-13,15-16H,3-5H2,1-2H3,(H,11,14). The molecule has 0 bridgehead atoms. The van der Waals surface area contributed by atoms with Crippen LogP contribution < -0.4 is 5.32 Å². The van der Waals surface area contributed by atoms with Crippen LogP contribution >= 0.6 is 0 Å². The first-order valence-corrected chi connectivity index (χ1v) is 5.35. The fourth-order valence-corrected chi connectivity index (χ4v) is 1.19. The van der Waals surface area contributed by atoms with E-state index in [0.29, 0.717) is 6.42 Å². The first-order chi connectivity index (χ1) is 7.43. The Labute approximate surface area is 94.9 Å². The molecule has 0 aromatic carbocycles. The third-order valence-electron chi connectivity index (χ3n) is 2.46. The zero-order valence-corrected chi connectivity index (χ0v) is 9.63. The minimum absolute atomic E-state index is 0.142. The summed E-state index contributed by atoms with van der Waals surface area (Å²) in [5, 5.41) is 39.3. The van der Waals surface area contributed by atoms with Crippen LogP contribution in [-0.2, 0) is 4.79 Å². The maximum absolute atomic E-state index is 11.0. The van der Waals surface area contributed by atoms with Crippen LogP contribution in [-0.4, -0.2) is 57.8 Å². The van der Waals surface area contributed by atoms with Crippen LogP contribution in [0, 0.1) is 5.92 Å². The molecule has 0 aromatic rings. The van der Waals surface area contributed by atoms with Crippen LogP contribution in [0.1, 0.15) is 20.3 Å². The van der Waals surface area contributed by atoms with Gasteiger partial charge in [0, 0.05) is 18.9 Å². The number of rotatable bonds is 7. The van der Waals surface area contributed by atoms with Gasteiger partial charge in [0.15, 0.2) is 0 Å². The molecular weight excluding hydrogens is 214 g/mol. The summed E-state index contributed by atoms with van der Waals surface area (Å²) in [4.78, 5) is 11.0. The average Bonchev–Trinajstić information content (AvgIpc) is 2.32. The van der Waals surface area contributed by atoms with Gasteiger partial charge in [0.1, 0.15) is 12.2 Å². The largest absolute Gasteiger partial charge is 0.394 e. The summed E-state index contributed by atoms with van der Waals surface area (Å²) < 4.78 is 0. The van der Waals surface area contributed by atoms with Gasteiger partial charge in [0.05, 0.1) is 12.7 Å². The molecule has 16 heavy (non-hydrogen) atoms. The Morgan fingerprint density at radius 3 is 2.25 bits per heavy atom. The second kappa shape index (κ2) is 7.56. The van der Waals surface area contributed by atoms with E-state index in [1.807, 2.05) is 0 Å². The Kier molecular flexibility index (Phi) is 7.24. The highest BCUT2D eigenvalue weighted by molar-refractivity contribution is 5.75. The normalized spacial score (nSPS) is 18.6. The lowest BCUT2D eigenvalue weighted by atomic mass is 9.96. The lowest BCUT2D eigenvalue weighted by Crippen LogP contribution is -2.45. The van der Waals surface area contributed by atoms with Gasteiger partial charge in [-0.15, -0.1) is 0 Å². The zero-order valence-electron chi connectivity index (χ0n) is 9.63. The molecule has 0 heterocycles. The number of amides is 1. The van der Waals surface area contributed by atoms with E-state index in [0.717, 1.165) is 0 Å². The highest BCUT2D eigenvalue weighted by Crippen LogP contribution is 2.09. The summed E-state index contributed by atoms with van der Waals surface area (Å²) in [7, 11) is 0. The van der Waals surface area contributed by atoms with Gasteiger partial charge in [-0.1, -0.05) is 13.8 Å². The molecule has 6 heteroatoms. The SMILES string of the molecule is CCC(=O)NCC(C)C(O)C(O)C(O)CO. The Hall–Kier alpha value is -0.690. The second-order valence-corrected chi connectivity index (χ2v) is 3.87. The van der Waals surface area contributed by atoms with Gasteiger partial charge in [-0.3, -0.25) is 4.79 Å². The lowest BCUT2D eigenvalue weighted by Gasteiger charge is -2.26. The minimum atomic E-state index is -1.42. The maximum Gasteiger partial charge on any atom is 0.219 e. The highest BCUT2D eigenvalue weighted by atomic mass is 16.4. The number of hydrogen-bond donors (Lipinski definition) is 5. The topological polar surface area (TPSA) is 110 Å². The number of nitrogens with one attached hydrogen (secondary N) is 1. The molecule has 5 N–H and O–H groups in total. The van der Waals surface area contributed by atoms with Gasteiger partial charge in [0.2, 0.25) is 5.91 Å². The number of carbonyl (C=O) groups is 1. The van der Waals surface area contributed by atoms with Crippen LogP contribution in [0.5, 0.6) is 0 Å². The molecule has 1 amide bonds. The summed E-state index contributed by atoms with van der Waals surface area (Å²) >= 11 is 0. The molecule has 0 rings (SSSR count). The first kappa shape index (κ1) is 15.3. The van der Waals surface area contributed by atoms with Crippen LogP contribution in [0.2, 0.25) is 0 Å². The Balaban J connectivity index is 4.06. The molecule has 6 nitrogen and oxygen atoms in total. The number of carbonyl (C=O) groups excluding carboxylic acids is 1. The monoisotopic (exact) mass is 235 g/mol. The summed E-state index contributed by atoms with van der Waals surface area (Å²) in [6.45, 7) is 2.93. The summed E-state index contributed by atoms with van der Waals surface area (Å²) in [6.07, 6.45) is -3.64. The Morgan fingerprint density at radius 2 is 1.81 bits per heavy atom. The van der Waals surface area contributed by atoms with E-state index >= 15 is 0 Å². The van der Waals surface area contributed by atoms with Crippen molar-refractivity contribution in [1.82, 2.24) is 5.32 Å². The Morgan fingerprint density at radius 1 is 1.25 bits per heavy atom. The van der Waals surface area contributed by atoms with Crippen molar-refractivity contribution >= 4 is 5.91 Å². The van der Waals surface area contributed by atoms with Crippen LogP contribution in [0.3, 0.4) is 0 Å². The predicted octanol–water partition coefficient (Wildman–Crippen LogP) is -1.78. The molecule has 4 unspecified atom stereocenters. The molecule has 96 valence electrons. The lowest BCUT2D eigenvalue weighted by molar-refractivity contribution is -0.122. The van der Waals surface area contributed by atoms with Gasteiger partial charge in [-0.05, 0) is 0 Å². The Bertz CT molecular complexity index is 211. The van der Waals surface area contributed by atoms with Crippen LogP contribution in [0.25, 0.3) is 0 Å². The molecule has 0 saturated heterocycles. The molecule has 0 aliphatic rings. The van der Waals surface area contributed by atoms with Crippen LogP contribution in [0.4, 0.5) is 0 Å². The smallest absolute Gasteiger partial charge is 0.219 e. The van der Waals surface area contributed by atoms with E-state index in [9.17, 15) is 15.0 Å². The molecule has 0 aliphatic heterocycles. The van der Waals surface area contributed by atoms with E-state index < -0.39 is 30.8 Å². The van der Waals surface area contributed by atoms with Crippen molar-refractivity contribution in [3.63, 3.8) is 0 Å². The molecule has 0 fully saturated rings. The summed E-state index contributed by atoms with van der Waals surface area (Å²) in [6, 6.07) is 0. The molecule has 4 atom stereocenters.